The van der Waals surface area contributed by atoms with Crippen molar-refractivity contribution in [3.05, 3.63) is 12.4 Å². The maximum atomic E-state index is 4.18. The zero-order valence-corrected chi connectivity index (χ0v) is 8.77. The minimum atomic E-state index is 0.122. The van der Waals surface area contributed by atoms with Gasteiger partial charge < -0.3 is 4.57 Å². The summed E-state index contributed by atoms with van der Waals surface area (Å²) in [6.07, 6.45) is 3.74. The summed E-state index contributed by atoms with van der Waals surface area (Å²) in [5, 5.41) is 0.991. The van der Waals surface area contributed by atoms with Gasteiger partial charge in [-0.25, -0.2) is 4.98 Å². The Kier molecular flexibility index (Phi) is 2.80. The van der Waals surface area contributed by atoms with Crippen LogP contribution in [0, 0.1) is 0 Å². The quantitative estimate of drug-likeness (QED) is 0.713. The molecule has 0 spiro atoms. The second-order valence-corrected chi connectivity index (χ2v) is 4.55. The number of aryl methyl sites for hydroxylation is 1. The molecule has 1 heterocycles. The molecule has 1 aromatic heterocycles. The number of nitrogens with one attached hydrogen (secondary N) is 1. The van der Waals surface area contributed by atoms with Crippen molar-refractivity contribution in [2.75, 3.05) is 0 Å². The third kappa shape index (κ3) is 2.87. The largest absolute Gasteiger partial charge is 0.328 e. The molecule has 3 nitrogen and oxygen atoms in total. The Hall–Kier alpha value is -0.480. The van der Waals surface area contributed by atoms with Crippen LogP contribution in [0.4, 0.5) is 0 Å². The molecule has 0 aliphatic rings. The van der Waals surface area contributed by atoms with Crippen LogP contribution < -0.4 is 4.72 Å². The third-order valence-electron chi connectivity index (χ3n) is 1.23. The average Bonchev–Trinajstić information content (AvgIpc) is 2.29. The molecule has 0 fully saturated rings. The highest BCUT2D eigenvalue weighted by molar-refractivity contribution is 7.97. The molecule has 0 saturated heterocycles. The van der Waals surface area contributed by atoms with E-state index in [2.05, 4.69) is 30.5 Å². The van der Waals surface area contributed by atoms with E-state index in [-0.39, 0.29) is 5.54 Å². The predicted octanol–water partition coefficient (Wildman–Crippen LogP) is 1.82. The molecular weight excluding hydrogens is 170 g/mol. The van der Waals surface area contributed by atoms with Gasteiger partial charge >= 0.3 is 0 Å². The van der Waals surface area contributed by atoms with Crippen molar-refractivity contribution in [1.29, 1.82) is 0 Å². The Morgan fingerprint density at radius 2 is 2.17 bits per heavy atom. The van der Waals surface area contributed by atoms with Gasteiger partial charge in [-0.15, -0.1) is 0 Å². The van der Waals surface area contributed by atoms with Gasteiger partial charge in [-0.3, -0.25) is 4.72 Å². The number of rotatable bonds is 2. The summed E-state index contributed by atoms with van der Waals surface area (Å²) in [6.45, 7) is 6.38. The van der Waals surface area contributed by atoms with E-state index in [9.17, 15) is 0 Å². The summed E-state index contributed by atoms with van der Waals surface area (Å²) in [5.74, 6) is 0. The fourth-order valence-corrected chi connectivity index (χ4v) is 1.36. The smallest absolute Gasteiger partial charge is 0.183 e. The Morgan fingerprint density at radius 1 is 1.50 bits per heavy atom. The van der Waals surface area contributed by atoms with E-state index in [4.69, 9.17) is 0 Å². The van der Waals surface area contributed by atoms with Crippen LogP contribution in [0.25, 0.3) is 0 Å². The fourth-order valence-electron chi connectivity index (χ4n) is 0.649. The molecule has 0 bridgehead atoms. The van der Waals surface area contributed by atoms with Crippen LogP contribution in [0.5, 0.6) is 0 Å². The van der Waals surface area contributed by atoms with Crippen molar-refractivity contribution in [2.45, 2.75) is 31.5 Å². The Balaban J connectivity index is 2.49. The lowest BCUT2D eigenvalue weighted by Crippen LogP contribution is -2.30. The Labute approximate surface area is 77.7 Å². The zero-order valence-electron chi connectivity index (χ0n) is 7.96. The predicted molar refractivity (Wildman–Crippen MR) is 52.0 cm³/mol. The Bertz CT molecular complexity index is 249. The van der Waals surface area contributed by atoms with Gasteiger partial charge in [0.25, 0.3) is 0 Å². The van der Waals surface area contributed by atoms with Gasteiger partial charge in [0.15, 0.2) is 5.16 Å². The summed E-state index contributed by atoms with van der Waals surface area (Å²) in [6, 6.07) is 0. The number of imidazole rings is 1. The van der Waals surface area contributed by atoms with Crippen molar-refractivity contribution in [1.82, 2.24) is 14.3 Å². The zero-order chi connectivity index (χ0) is 9.19. The summed E-state index contributed by atoms with van der Waals surface area (Å²) in [4.78, 5) is 4.18. The summed E-state index contributed by atoms with van der Waals surface area (Å²) in [7, 11) is 1.99. The molecule has 12 heavy (non-hydrogen) atoms. The number of hydrogen-bond acceptors (Lipinski definition) is 3. The van der Waals surface area contributed by atoms with Crippen LogP contribution >= 0.6 is 11.9 Å². The first-order valence-electron chi connectivity index (χ1n) is 3.90. The van der Waals surface area contributed by atoms with Gasteiger partial charge in [0.2, 0.25) is 0 Å². The topological polar surface area (TPSA) is 29.9 Å². The van der Waals surface area contributed by atoms with E-state index in [0.29, 0.717) is 0 Å². The molecule has 4 heteroatoms. The highest BCUT2D eigenvalue weighted by atomic mass is 32.2. The molecule has 0 radical (unpaired) electrons. The lowest BCUT2D eigenvalue weighted by molar-refractivity contribution is 0.533. The first kappa shape index (κ1) is 9.61. The fraction of sp³-hybridized carbons (Fsp3) is 0.625. The molecule has 1 rings (SSSR count). The number of aromatic nitrogens is 2. The van der Waals surface area contributed by atoms with E-state index in [1.165, 1.54) is 0 Å². The lowest BCUT2D eigenvalue weighted by atomic mass is 10.1. The van der Waals surface area contributed by atoms with E-state index in [0.717, 1.165) is 5.16 Å². The summed E-state index contributed by atoms with van der Waals surface area (Å²) >= 11 is 1.56. The second-order valence-electron chi connectivity index (χ2n) is 3.77. The molecular formula is C8H15N3S. The van der Waals surface area contributed by atoms with Gasteiger partial charge in [0, 0.05) is 25.0 Å². The molecule has 1 N–H and O–H groups in total. The van der Waals surface area contributed by atoms with Crippen molar-refractivity contribution < 1.29 is 0 Å². The van der Waals surface area contributed by atoms with Gasteiger partial charge in [-0.2, -0.15) is 0 Å². The van der Waals surface area contributed by atoms with Crippen molar-refractivity contribution in [2.24, 2.45) is 7.05 Å². The minimum absolute atomic E-state index is 0.122. The van der Waals surface area contributed by atoms with Crippen LogP contribution in [0.15, 0.2) is 17.6 Å². The van der Waals surface area contributed by atoms with E-state index in [1.54, 1.807) is 18.1 Å². The summed E-state index contributed by atoms with van der Waals surface area (Å²) in [5.41, 5.74) is 0.122. The highest BCUT2D eigenvalue weighted by Gasteiger charge is 2.10. The maximum Gasteiger partial charge on any atom is 0.183 e. The van der Waals surface area contributed by atoms with Crippen LogP contribution in [0.2, 0.25) is 0 Å². The molecule has 0 unspecified atom stereocenters. The first-order valence-corrected chi connectivity index (χ1v) is 4.72. The lowest BCUT2D eigenvalue weighted by Gasteiger charge is -2.18. The van der Waals surface area contributed by atoms with Crippen LogP contribution in [0.3, 0.4) is 0 Å². The highest BCUT2D eigenvalue weighted by Crippen LogP contribution is 2.14. The van der Waals surface area contributed by atoms with Crippen LogP contribution in [0.1, 0.15) is 20.8 Å². The molecule has 0 atom stereocenters. The van der Waals surface area contributed by atoms with Crippen molar-refractivity contribution >= 4 is 11.9 Å². The molecule has 0 amide bonds. The van der Waals surface area contributed by atoms with Crippen LogP contribution in [-0.4, -0.2) is 15.1 Å². The molecule has 0 aliphatic carbocycles. The molecule has 0 aromatic carbocycles. The van der Waals surface area contributed by atoms with Crippen LogP contribution in [-0.2, 0) is 7.05 Å². The van der Waals surface area contributed by atoms with Gasteiger partial charge in [0.05, 0.1) is 0 Å². The SMILES string of the molecule is Cn1ccnc1SNC(C)(C)C. The molecule has 0 saturated carbocycles. The molecule has 68 valence electrons. The van der Waals surface area contributed by atoms with Gasteiger partial charge in [0.1, 0.15) is 0 Å². The maximum absolute atomic E-state index is 4.18. The van der Waals surface area contributed by atoms with E-state index in [1.807, 2.05) is 17.8 Å². The van der Waals surface area contributed by atoms with E-state index >= 15 is 0 Å². The van der Waals surface area contributed by atoms with Crippen molar-refractivity contribution in [3.8, 4) is 0 Å². The normalized spacial score (nSPS) is 12.0. The molecule has 1 aromatic rings. The minimum Gasteiger partial charge on any atom is -0.328 e. The molecule has 0 aliphatic heterocycles. The standard InChI is InChI=1S/C8H15N3S/c1-8(2,3)10-12-7-9-5-6-11(7)4/h5-6,10H,1-4H3. The van der Waals surface area contributed by atoms with Crippen molar-refractivity contribution in [3.63, 3.8) is 0 Å². The average molecular weight is 185 g/mol. The summed E-state index contributed by atoms with van der Waals surface area (Å²) < 4.78 is 5.29. The van der Waals surface area contributed by atoms with Gasteiger partial charge in [-0.05, 0) is 32.7 Å². The number of hydrogen-bond donors (Lipinski definition) is 1. The number of nitrogens with zero attached hydrogens (tertiary/aromatic N) is 2. The Morgan fingerprint density at radius 3 is 2.58 bits per heavy atom. The van der Waals surface area contributed by atoms with E-state index < -0.39 is 0 Å². The second kappa shape index (κ2) is 3.49. The monoisotopic (exact) mass is 185 g/mol. The first-order chi connectivity index (χ1) is 5.49. The van der Waals surface area contributed by atoms with Gasteiger partial charge in [-0.1, -0.05) is 0 Å². The third-order valence-corrected chi connectivity index (χ3v) is 2.52.